The zero-order valence-electron chi connectivity index (χ0n) is 15.5. The van der Waals surface area contributed by atoms with Crippen molar-refractivity contribution in [3.63, 3.8) is 0 Å². The maximum atomic E-state index is 12.1. The summed E-state index contributed by atoms with van der Waals surface area (Å²) in [7, 11) is 0. The van der Waals surface area contributed by atoms with Crippen molar-refractivity contribution in [2.24, 2.45) is 11.8 Å². The molecule has 1 fully saturated rings. The number of carbonyl (C=O) groups is 2. The van der Waals surface area contributed by atoms with Crippen molar-refractivity contribution >= 4 is 22.6 Å². The summed E-state index contributed by atoms with van der Waals surface area (Å²) in [6.07, 6.45) is 3.71. The van der Waals surface area contributed by atoms with Gasteiger partial charge in [0.05, 0.1) is 5.92 Å². The number of carbonyl (C=O) groups excluding carboxylic acids is 1. The van der Waals surface area contributed by atoms with Gasteiger partial charge in [0.25, 0.3) is 0 Å². The van der Waals surface area contributed by atoms with Gasteiger partial charge in [-0.2, -0.15) is 0 Å². The molecule has 5 nitrogen and oxygen atoms in total. The molecule has 1 atom stereocenters. The van der Waals surface area contributed by atoms with E-state index in [1.54, 1.807) is 0 Å². The molecule has 0 bridgehead atoms. The molecule has 1 heterocycles. The van der Waals surface area contributed by atoms with Crippen LogP contribution in [0.1, 0.15) is 31.2 Å². The van der Waals surface area contributed by atoms with Crippen molar-refractivity contribution < 1.29 is 19.4 Å². The molecule has 2 aromatic rings. The molecule has 1 saturated heterocycles. The summed E-state index contributed by atoms with van der Waals surface area (Å²) in [5, 5.41) is 14.6. The highest BCUT2D eigenvalue weighted by atomic mass is 16.5. The Morgan fingerprint density at radius 3 is 2.59 bits per heavy atom. The summed E-state index contributed by atoms with van der Waals surface area (Å²) in [5.41, 5.74) is 0.970. The molecule has 27 heavy (non-hydrogen) atoms. The van der Waals surface area contributed by atoms with Gasteiger partial charge in [0.2, 0.25) is 5.91 Å². The lowest BCUT2D eigenvalue weighted by atomic mass is 9.94. The Hall–Kier alpha value is -2.40. The summed E-state index contributed by atoms with van der Waals surface area (Å²) in [6, 6.07) is 14.0. The van der Waals surface area contributed by atoms with Gasteiger partial charge < -0.3 is 15.2 Å². The first kappa shape index (κ1) is 19.4. The third-order valence-corrected chi connectivity index (χ3v) is 5.31. The van der Waals surface area contributed by atoms with Gasteiger partial charge in [-0.3, -0.25) is 9.59 Å². The largest absolute Gasteiger partial charge is 0.481 e. The molecule has 0 radical (unpaired) electrons. The summed E-state index contributed by atoms with van der Waals surface area (Å²) in [5.74, 6) is -1.03. The van der Waals surface area contributed by atoms with E-state index in [9.17, 15) is 14.7 Å². The number of fused-ring (bicyclic) bond motifs is 1. The number of rotatable bonds is 8. The second-order valence-corrected chi connectivity index (χ2v) is 7.32. The highest BCUT2D eigenvalue weighted by molar-refractivity contribution is 5.83. The zero-order valence-corrected chi connectivity index (χ0v) is 15.5. The minimum absolute atomic E-state index is 0.0637. The quantitative estimate of drug-likeness (QED) is 0.748. The monoisotopic (exact) mass is 369 g/mol. The first-order chi connectivity index (χ1) is 13.1. The lowest BCUT2D eigenvalue weighted by Crippen LogP contribution is -2.34. The highest BCUT2D eigenvalue weighted by Gasteiger charge is 2.20. The van der Waals surface area contributed by atoms with Gasteiger partial charge in [0.15, 0.2) is 0 Å². The van der Waals surface area contributed by atoms with Gasteiger partial charge in [-0.25, -0.2) is 0 Å². The fourth-order valence-electron chi connectivity index (χ4n) is 3.59. The van der Waals surface area contributed by atoms with Gasteiger partial charge >= 0.3 is 5.97 Å². The normalized spacial score (nSPS) is 16.1. The van der Waals surface area contributed by atoms with Crippen molar-refractivity contribution in [1.82, 2.24) is 5.32 Å². The molecule has 0 spiro atoms. The summed E-state index contributed by atoms with van der Waals surface area (Å²) < 4.78 is 5.33. The molecule has 1 aliphatic rings. The summed E-state index contributed by atoms with van der Waals surface area (Å²) in [4.78, 5) is 23.7. The van der Waals surface area contributed by atoms with E-state index in [1.807, 2.05) is 42.5 Å². The molecular weight excluding hydrogens is 342 g/mol. The number of nitrogens with one attached hydrogen (secondary N) is 1. The number of aliphatic carboxylic acids is 1. The third kappa shape index (κ3) is 5.79. The number of hydrogen-bond acceptors (Lipinski definition) is 3. The van der Waals surface area contributed by atoms with E-state index in [0.29, 0.717) is 18.8 Å². The van der Waals surface area contributed by atoms with Crippen molar-refractivity contribution in [2.75, 3.05) is 19.8 Å². The summed E-state index contributed by atoms with van der Waals surface area (Å²) in [6.45, 7) is 1.72. The van der Waals surface area contributed by atoms with Crippen LogP contribution >= 0.6 is 0 Å². The van der Waals surface area contributed by atoms with E-state index in [4.69, 9.17) is 4.74 Å². The fourth-order valence-corrected chi connectivity index (χ4v) is 3.59. The number of ether oxygens (including phenoxy) is 1. The van der Waals surface area contributed by atoms with Crippen LogP contribution in [0.5, 0.6) is 0 Å². The highest BCUT2D eigenvalue weighted by Crippen LogP contribution is 2.20. The SMILES string of the molecule is O=C(CCC1CCOCC1)NCC(Cc1ccc2ccccc2c1)C(=O)O. The lowest BCUT2D eigenvalue weighted by molar-refractivity contribution is -0.141. The molecule has 144 valence electrons. The Morgan fingerprint density at radius 1 is 1.11 bits per heavy atom. The zero-order chi connectivity index (χ0) is 19.1. The molecule has 5 heteroatoms. The summed E-state index contributed by atoms with van der Waals surface area (Å²) >= 11 is 0. The van der Waals surface area contributed by atoms with E-state index in [1.165, 1.54) is 0 Å². The molecule has 1 unspecified atom stereocenters. The van der Waals surface area contributed by atoms with E-state index >= 15 is 0 Å². The second-order valence-electron chi connectivity index (χ2n) is 7.32. The van der Waals surface area contributed by atoms with Crippen LogP contribution in [0.4, 0.5) is 0 Å². The van der Waals surface area contributed by atoms with E-state index in [-0.39, 0.29) is 12.5 Å². The predicted octanol–water partition coefficient (Wildman–Crippen LogP) is 3.41. The molecule has 3 rings (SSSR count). The minimum atomic E-state index is -0.882. The molecule has 1 aliphatic heterocycles. The van der Waals surface area contributed by atoms with Gasteiger partial charge in [-0.1, -0.05) is 42.5 Å². The Kier molecular flexibility index (Phi) is 6.82. The standard InChI is InChI=1S/C22H27NO4/c24-21(8-6-16-9-11-27-12-10-16)23-15-20(22(25)26)14-17-5-7-18-3-1-2-4-19(18)13-17/h1-5,7,13,16,20H,6,8-12,14-15H2,(H,23,24)(H,25,26). The maximum absolute atomic E-state index is 12.1. The second kappa shape index (κ2) is 9.51. The van der Waals surface area contributed by atoms with Crippen molar-refractivity contribution in [3.05, 3.63) is 48.0 Å². The number of carboxylic acids is 1. The number of amides is 1. The van der Waals surface area contributed by atoms with Crippen LogP contribution < -0.4 is 5.32 Å². The Morgan fingerprint density at radius 2 is 1.85 bits per heavy atom. The number of carboxylic acid groups (broad SMARTS) is 1. The van der Waals surface area contributed by atoms with Crippen molar-refractivity contribution in [3.8, 4) is 0 Å². The lowest BCUT2D eigenvalue weighted by Gasteiger charge is -2.21. The smallest absolute Gasteiger partial charge is 0.308 e. The minimum Gasteiger partial charge on any atom is -0.481 e. The van der Waals surface area contributed by atoms with Crippen LogP contribution in [-0.4, -0.2) is 36.7 Å². The van der Waals surface area contributed by atoms with E-state index in [0.717, 1.165) is 48.8 Å². The van der Waals surface area contributed by atoms with Crippen LogP contribution in [0.3, 0.4) is 0 Å². The predicted molar refractivity (Wildman–Crippen MR) is 105 cm³/mol. The van der Waals surface area contributed by atoms with Crippen LogP contribution in [0.2, 0.25) is 0 Å². The Balaban J connectivity index is 1.50. The van der Waals surface area contributed by atoms with Crippen LogP contribution in [-0.2, 0) is 20.7 Å². The molecule has 2 aromatic carbocycles. The first-order valence-electron chi connectivity index (χ1n) is 9.67. The number of hydrogen-bond donors (Lipinski definition) is 2. The van der Waals surface area contributed by atoms with Gasteiger partial charge in [-0.15, -0.1) is 0 Å². The van der Waals surface area contributed by atoms with Crippen LogP contribution in [0.15, 0.2) is 42.5 Å². The van der Waals surface area contributed by atoms with Gasteiger partial charge in [-0.05, 0) is 47.9 Å². The van der Waals surface area contributed by atoms with Crippen molar-refractivity contribution in [1.29, 1.82) is 0 Å². The molecule has 0 aromatic heterocycles. The fraction of sp³-hybridized carbons (Fsp3) is 0.455. The Bertz CT molecular complexity index is 783. The molecule has 0 saturated carbocycles. The van der Waals surface area contributed by atoms with Crippen LogP contribution in [0.25, 0.3) is 10.8 Å². The van der Waals surface area contributed by atoms with E-state index in [2.05, 4.69) is 5.32 Å². The first-order valence-corrected chi connectivity index (χ1v) is 9.67. The topological polar surface area (TPSA) is 75.6 Å². The molecule has 0 aliphatic carbocycles. The number of benzene rings is 2. The van der Waals surface area contributed by atoms with Gasteiger partial charge in [0.1, 0.15) is 0 Å². The van der Waals surface area contributed by atoms with Crippen molar-refractivity contribution in [2.45, 2.75) is 32.1 Å². The average Bonchev–Trinajstić information content (AvgIpc) is 2.70. The molecule has 1 amide bonds. The van der Waals surface area contributed by atoms with Gasteiger partial charge in [0, 0.05) is 26.2 Å². The average molecular weight is 369 g/mol. The van der Waals surface area contributed by atoms with Crippen LogP contribution in [0, 0.1) is 11.8 Å². The van der Waals surface area contributed by atoms with E-state index < -0.39 is 11.9 Å². The molecular formula is C22H27NO4. The third-order valence-electron chi connectivity index (χ3n) is 5.31. The molecule has 2 N–H and O–H groups in total. The Labute approximate surface area is 159 Å². The maximum Gasteiger partial charge on any atom is 0.308 e.